The molecule has 0 bridgehead atoms. The first kappa shape index (κ1) is 20.2. The summed E-state index contributed by atoms with van der Waals surface area (Å²) in [5, 5.41) is 10.7. The van der Waals surface area contributed by atoms with Crippen LogP contribution < -0.4 is 4.72 Å². The zero-order chi connectivity index (χ0) is 19.3. The largest absolute Gasteiger partial charge is 0.379 e. The summed E-state index contributed by atoms with van der Waals surface area (Å²) in [7, 11) is -3.52. The first-order valence-corrected chi connectivity index (χ1v) is 11.1. The molecule has 1 saturated carbocycles. The topological polar surface area (TPSA) is 102 Å². The molecule has 8 nitrogen and oxygen atoms in total. The van der Waals surface area contributed by atoms with Gasteiger partial charge in [-0.05, 0) is 18.4 Å². The van der Waals surface area contributed by atoms with Crippen molar-refractivity contribution < 1.29 is 18.1 Å². The number of morpholine rings is 1. The van der Waals surface area contributed by atoms with Crippen molar-refractivity contribution in [2.45, 2.75) is 43.4 Å². The molecule has 1 aromatic rings. The van der Waals surface area contributed by atoms with Gasteiger partial charge < -0.3 is 4.74 Å². The molecule has 1 aromatic carbocycles. The van der Waals surface area contributed by atoms with Crippen molar-refractivity contribution >= 4 is 15.7 Å². The highest BCUT2D eigenvalue weighted by Crippen LogP contribution is 2.34. The minimum Gasteiger partial charge on any atom is -0.379 e. The summed E-state index contributed by atoms with van der Waals surface area (Å²) in [6.45, 7) is 3.46. The maximum absolute atomic E-state index is 12.6. The van der Waals surface area contributed by atoms with Gasteiger partial charge in [0.15, 0.2) is 0 Å². The number of rotatable bonds is 7. The predicted octanol–water partition coefficient (Wildman–Crippen LogP) is 2.05. The van der Waals surface area contributed by atoms with Gasteiger partial charge >= 0.3 is 0 Å². The second-order valence-corrected chi connectivity index (χ2v) is 9.20. The van der Waals surface area contributed by atoms with Crippen molar-refractivity contribution in [1.29, 1.82) is 0 Å². The Balaban J connectivity index is 1.65. The standard InChI is InChI=1S/C18H27N3O5S/c22-21(23)17-6-4-16(5-7-17)14-27(24,25)19-15-18(8-2-1-3-9-18)20-10-12-26-13-11-20/h4-7,19H,1-3,8-15H2. The number of nitrogens with one attached hydrogen (secondary N) is 1. The van der Waals surface area contributed by atoms with Gasteiger partial charge in [-0.15, -0.1) is 0 Å². The number of benzene rings is 1. The second-order valence-electron chi connectivity index (χ2n) is 7.39. The lowest BCUT2D eigenvalue weighted by molar-refractivity contribution is -0.384. The van der Waals surface area contributed by atoms with E-state index in [2.05, 4.69) is 9.62 Å². The van der Waals surface area contributed by atoms with Crippen LogP contribution in [0.5, 0.6) is 0 Å². The van der Waals surface area contributed by atoms with Gasteiger partial charge in [-0.1, -0.05) is 31.4 Å². The van der Waals surface area contributed by atoms with Crippen LogP contribution in [0.1, 0.15) is 37.7 Å². The zero-order valence-corrected chi connectivity index (χ0v) is 16.2. The number of nitro groups is 1. The highest BCUT2D eigenvalue weighted by Gasteiger charge is 2.39. The van der Waals surface area contributed by atoms with Crippen molar-refractivity contribution in [1.82, 2.24) is 9.62 Å². The number of nitrogens with zero attached hydrogens (tertiary/aromatic N) is 2. The molecule has 0 amide bonds. The fourth-order valence-electron chi connectivity index (χ4n) is 4.08. The Morgan fingerprint density at radius 3 is 2.33 bits per heavy atom. The molecule has 0 radical (unpaired) electrons. The lowest BCUT2D eigenvalue weighted by atomic mass is 9.80. The van der Waals surface area contributed by atoms with Crippen LogP contribution in [0.25, 0.3) is 0 Å². The Morgan fingerprint density at radius 1 is 1.11 bits per heavy atom. The molecule has 1 aliphatic carbocycles. The van der Waals surface area contributed by atoms with Crippen LogP contribution in [0, 0.1) is 10.1 Å². The highest BCUT2D eigenvalue weighted by atomic mass is 32.2. The van der Waals surface area contributed by atoms with Crippen molar-refractivity contribution in [2.24, 2.45) is 0 Å². The number of nitro benzene ring substituents is 1. The molecular formula is C18H27N3O5S. The maximum Gasteiger partial charge on any atom is 0.269 e. The molecule has 1 saturated heterocycles. The van der Waals surface area contributed by atoms with E-state index in [9.17, 15) is 18.5 Å². The summed E-state index contributed by atoms with van der Waals surface area (Å²) in [5.41, 5.74) is 0.361. The molecule has 1 aliphatic heterocycles. The molecule has 1 N–H and O–H groups in total. The molecule has 150 valence electrons. The average Bonchev–Trinajstić information content (AvgIpc) is 2.68. The summed E-state index contributed by atoms with van der Waals surface area (Å²) in [6, 6.07) is 5.66. The Kier molecular flexibility index (Phi) is 6.46. The van der Waals surface area contributed by atoms with Crippen LogP contribution in [-0.4, -0.2) is 56.6 Å². The monoisotopic (exact) mass is 397 g/mol. The van der Waals surface area contributed by atoms with Gasteiger partial charge in [0.2, 0.25) is 10.0 Å². The Hall–Kier alpha value is -1.55. The van der Waals surface area contributed by atoms with E-state index in [-0.39, 0.29) is 17.0 Å². The quantitative estimate of drug-likeness (QED) is 0.558. The van der Waals surface area contributed by atoms with Crippen LogP contribution in [-0.2, 0) is 20.5 Å². The van der Waals surface area contributed by atoms with E-state index in [1.807, 2.05) is 0 Å². The molecule has 1 heterocycles. The molecule has 27 heavy (non-hydrogen) atoms. The van der Waals surface area contributed by atoms with E-state index < -0.39 is 14.9 Å². The molecule has 0 atom stereocenters. The first-order valence-electron chi connectivity index (χ1n) is 9.44. The Labute approximate surface area is 160 Å². The third-order valence-electron chi connectivity index (χ3n) is 5.59. The van der Waals surface area contributed by atoms with E-state index in [1.165, 1.54) is 30.7 Å². The third kappa shape index (κ3) is 5.25. The van der Waals surface area contributed by atoms with Crippen LogP contribution in [0.3, 0.4) is 0 Å². The fourth-order valence-corrected chi connectivity index (χ4v) is 5.30. The smallest absolute Gasteiger partial charge is 0.269 e. The second kappa shape index (κ2) is 8.64. The van der Waals surface area contributed by atoms with Gasteiger partial charge in [-0.2, -0.15) is 0 Å². The minimum absolute atomic E-state index is 0.0439. The molecule has 2 fully saturated rings. The zero-order valence-electron chi connectivity index (χ0n) is 15.4. The maximum atomic E-state index is 12.6. The minimum atomic E-state index is -3.52. The number of sulfonamides is 1. The van der Waals surface area contributed by atoms with Crippen LogP contribution in [0.15, 0.2) is 24.3 Å². The summed E-state index contributed by atoms with van der Waals surface area (Å²) in [4.78, 5) is 12.6. The number of hydrogen-bond acceptors (Lipinski definition) is 6. The Bertz CT molecular complexity index is 739. The van der Waals surface area contributed by atoms with Crippen molar-refractivity contribution in [3.05, 3.63) is 39.9 Å². The van der Waals surface area contributed by atoms with Crippen LogP contribution in [0.2, 0.25) is 0 Å². The highest BCUT2D eigenvalue weighted by molar-refractivity contribution is 7.88. The average molecular weight is 397 g/mol. The normalized spacial score (nSPS) is 21.0. The van der Waals surface area contributed by atoms with E-state index in [4.69, 9.17) is 4.74 Å². The molecule has 9 heteroatoms. The van der Waals surface area contributed by atoms with Crippen molar-refractivity contribution in [3.8, 4) is 0 Å². The van der Waals surface area contributed by atoms with E-state index in [1.54, 1.807) is 0 Å². The molecule has 3 rings (SSSR count). The van der Waals surface area contributed by atoms with Gasteiger partial charge in [0.1, 0.15) is 0 Å². The number of hydrogen-bond donors (Lipinski definition) is 1. The predicted molar refractivity (Wildman–Crippen MR) is 102 cm³/mol. The molecule has 0 unspecified atom stereocenters. The van der Waals surface area contributed by atoms with E-state index in [0.29, 0.717) is 25.3 Å². The number of ether oxygens (including phenoxy) is 1. The van der Waals surface area contributed by atoms with Gasteiger partial charge in [0.05, 0.1) is 23.9 Å². The first-order chi connectivity index (χ1) is 12.9. The SMILES string of the molecule is O=[N+]([O-])c1ccc(CS(=O)(=O)NCC2(N3CCOCC3)CCCCC2)cc1. The van der Waals surface area contributed by atoms with Crippen LogP contribution >= 0.6 is 0 Å². The van der Waals surface area contributed by atoms with E-state index >= 15 is 0 Å². The van der Waals surface area contributed by atoms with Gasteiger partial charge in [-0.25, -0.2) is 13.1 Å². The van der Waals surface area contributed by atoms with Crippen molar-refractivity contribution in [2.75, 3.05) is 32.8 Å². The summed E-state index contributed by atoms with van der Waals surface area (Å²) >= 11 is 0. The summed E-state index contributed by atoms with van der Waals surface area (Å²) in [6.07, 6.45) is 5.41. The van der Waals surface area contributed by atoms with E-state index in [0.717, 1.165) is 38.8 Å². The molecule has 2 aliphatic rings. The van der Waals surface area contributed by atoms with Crippen LogP contribution in [0.4, 0.5) is 5.69 Å². The summed E-state index contributed by atoms with van der Waals surface area (Å²) in [5.74, 6) is -0.176. The summed E-state index contributed by atoms with van der Waals surface area (Å²) < 4.78 is 33.5. The third-order valence-corrected chi connectivity index (χ3v) is 6.89. The lowest BCUT2D eigenvalue weighted by Gasteiger charge is -2.48. The molecule has 0 aromatic heterocycles. The van der Waals surface area contributed by atoms with Gasteiger partial charge in [0, 0.05) is 37.3 Å². The van der Waals surface area contributed by atoms with Gasteiger partial charge in [-0.3, -0.25) is 15.0 Å². The molecule has 0 spiro atoms. The Morgan fingerprint density at radius 2 is 1.74 bits per heavy atom. The number of non-ortho nitro benzene ring substituents is 1. The molecular weight excluding hydrogens is 370 g/mol. The van der Waals surface area contributed by atoms with Gasteiger partial charge in [0.25, 0.3) is 5.69 Å². The lowest BCUT2D eigenvalue weighted by Crippen LogP contribution is -2.59. The fraction of sp³-hybridized carbons (Fsp3) is 0.667. The van der Waals surface area contributed by atoms with Crippen molar-refractivity contribution in [3.63, 3.8) is 0 Å².